The molecule has 1 aromatic rings. The summed E-state index contributed by atoms with van der Waals surface area (Å²) in [6, 6.07) is 0.442. The summed E-state index contributed by atoms with van der Waals surface area (Å²) in [4.78, 5) is 2.99. The SMILES string of the molecule is S=c1[nH]ccn1C1CCCOC1. The van der Waals surface area contributed by atoms with E-state index < -0.39 is 0 Å². The number of aromatic nitrogens is 2. The van der Waals surface area contributed by atoms with Gasteiger partial charge in [-0.25, -0.2) is 0 Å². The van der Waals surface area contributed by atoms with E-state index in [2.05, 4.69) is 9.55 Å². The van der Waals surface area contributed by atoms with Gasteiger partial charge in [0.05, 0.1) is 12.6 Å². The summed E-state index contributed by atoms with van der Waals surface area (Å²) in [7, 11) is 0. The van der Waals surface area contributed by atoms with Gasteiger partial charge in [0.2, 0.25) is 0 Å². The highest BCUT2D eigenvalue weighted by Gasteiger charge is 2.15. The Morgan fingerprint density at radius 2 is 2.58 bits per heavy atom. The van der Waals surface area contributed by atoms with Crippen LogP contribution in [-0.2, 0) is 4.74 Å². The van der Waals surface area contributed by atoms with Gasteiger partial charge in [0.25, 0.3) is 0 Å². The zero-order chi connectivity index (χ0) is 8.39. The van der Waals surface area contributed by atoms with Gasteiger partial charge in [-0.3, -0.25) is 0 Å². The van der Waals surface area contributed by atoms with Crippen molar-refractivity contribution in [2.45, 2.75) is 18.9 Å². The maximum Gasteiger partial charge on any atom is 0.177 e. The summed E-state index contributed by atoms with van der Waals surface area (Å²) < 4.78 is 8.25. The fourth-order valence-electron chi connectivity index (χ4n) is 1.56. The molecule has 0 saturated carbocycles. The minimum Gasteiger partial charge on any atom is -0.379 e. The van der Waals surface area contributed by atoms with Crippen molar-refractivity contribution in [1.82, 2.24) is 9.55 Å². The van der Waals surface area contributed by atoms with Crippen molar-refractivity contribution in [2.24, 2.45) is 0 Å². The summed E-state index contributed by atoms with van der Waals surface area (Å²) in [5.74, 6) is 0. The average Bonchev–Trinajstić information content (AvgIpc) is 2.53. The number of rotatable bonds is 1. The summed E-state index contributed by atoms with van der Waals surface area (Å²) in [5, 5.41) is 0. The normalized spacial score (nSPS) is 24.2. The van der Waals surface area contributed by atoms with Crippen LogP contribution in [0.2, 0.25) is 0 Å². The highest BCUT2D eigenvalue weighted by atomic mass is 32.1. The summed E-state index contributed by atoms with van der Waals surface area (Å²) in [6.07, 6.45) is 6.17. The van der Waals surface area contributed by atoms with Gasteiger partial charge in [-0.1, -0.05) is 0 Å². The maximum atomic E-state index is 5.38. The molecule has 0 spiro atoms. The van der Waals surface area contributed by atoms with Crippen LogP contribution in [-0.4, -0.2) is 22.8 Å². The number of hydrogen-bond donors (Lipinski definition) is 1. The number of imidazole rings is 1. The predicted octanol–water partition coefficient (Wildman–Crippen LogP) is 1.90. The van der Waals surface area contributed by atoms with Crippen molar-refractivity contribution in [3.05, 3.63) is 17.2 Å². The van der Waals surface area contributed by atoms with Crippen molar-refractivity contribution >= 4 is 12.2 Å². The molecule has 0 aromatic carbocycles. The van der Waals surface area contributed by atoms with Crippen LogP contribution in [0.15, 0.2) is 12.4 Å². The van der Waals surface area contributed by atoms with Gasteiger partial charge in [0, 0.05) is 19.0 Å². The second-order valence-electron chi connectivity index (χ2n) is 3.04. The Balaban J connectivity index is 2.18. The molecule has 0 amide bonds. The van der Waals surface area contributed by atoms with E-state index in [1.54, 1.807) is 0 Å². The zero-order valence-electron chi connectivity index (χ0n) is 6.82. The molecule has 1 aromatic heterocycles. The highest BCUT2D eigenvalue weighted by molar-refractivity contribution is 7.71. The first-order valence-corrected chi connectivity index (χ1v) is 4.62. The van der Waals surface area contributed by atoms with Crippen LogP contribution in [0.3, 0.4) is 0 Å². The zero-order valence-corrected chi connectivity index (χ0v) is 7.64. The fraction of sp³-hybridized carbons (Fsp3) is 0.625. The number of hydrogen-bond acceptors (Lipinski definition) is 2. The smallest absolute Gasteiger partial charge is 0.177 e. The number of H-pyrrole nitrogens is 1. The third kappa shape index (κ3) is 1.44. The van der Waals surface area contributed by atoms with Gasteiger partial charge in [0.15, 0.2) is 4.77 Å². The molecule has 12 heavy (non-hydrogen) atoms. The topological polar surface area (TPSA) is 29.9 Å². The van der Waals surface area contributed by atoms with Gasteiger partial charge in [-0.05, 0) is 25.1 Å². The number of nitrogens with zero attached hydrogens (tertiary/aromatic N) is 1. The lowest BCUT2D eigenvalue weighted by atomic mass is 10.1. The van der Waals surface area contributed by atoms with Gasteiger partial charge < -0.3 is 14.3 Å². The van der Waals surface area contributed by atoms with E-state index in [4.69, 9.17) is 17.0 Å². The molecule has 2 rings (SSSR count). The molecule has 2 heterocycles. The molecular formula is C8H12N2OS. The first-order chi connectivity index (χ1) is 5.88. The Morgan fingerprint density at radius 1 is 1.67 bits per heavy atom. The Hall–Kier alpha value is -0.610. The van der Waals surface area contributed by atoms with Crippen LogP contribution in [0.4, 0.5) is 0 Å². The Kier molecular flexibility index (Phi) is 2.28. The second-order valence-corrected chi connectivity index (χ2v) is 3.43. The van der Waals surface area contributed by atoms with Gasteiger partial charge in [0.1, 0.15) is 0 Å². The largest absolute Gasteiger partial charge is 0.379 e. The van der Waals surface area contributed by atoms with Crippen molar-refractivity contribution in [3.8, 4) is 0 Å². The summed E-state index contributed by atoms with van der Waals surface area (Å²) in [6.45, 7) is 1.69. The molecule has 0 bridgehead atoms. The Morgan fingerprint density at radius 3 is 3.17 bits per heavy atom. The third-order valence-corrected chi connectivity index (χ3v) is 2.53. The van der Waals surface area contributed by atoms with Gasteiger partial charge in [-0.2, -0.15) is 0 Å². The van der Waals surface area contributed by atoms with Crippen LogP contribution < -0.4 is 0 Å². The molecule has 1 fully saturated rings. The van der Waals surface area contributed by atoms with Crippen molar-refractivity contribution in [1.29, 1.82) is 0 Å². The lowest BCUT2D eigenvalue weighted by Gasteiger charge is -2.22. The highest BCUT2D eigenvalue weighted by Crippen LogP contribution is 2.18. The number of nitrogens with one attached hydrogen (secondary N) is 1. The Bertz CT molecular complexity index is 298. The molecule has 3 nitrogen and oxygen atoms in total. The fourth-order valence-corrected chi connectivity index (χ4v) is 1.84. The lowest BCUT2D eigenvalue weighted by molar-refractivity contribution is 0.0587. The molecule has 0 aliphatic carbocycles. The van der Waals surface area contributed by atoms with E-state index in [-0.39, 0.29) is 0 Å². The van der Waals surface area contributed by atoms with E-state index in [0.29, 0.717) is 6.04 Å². The minimum atomic E-state index is 0.442. The molecule has 1 unspecified atom stereocenters. The summed E-state index contributed by atoms with van der Waals surface area (Å²) >= 11 is 5.12. The Labute approximate surface area is 76.4 Å². The van der Waals surface area contributed by atoms with E-state index in [9.17, 15) is 0 Å². The standard InChI is InChI=1S/C8H12N2OS/c12-8-9-3-4-10(8)7-2-1-5-11-6-7/h3-4,7H,1-2,5-6H2,(H,9,12). The van der Waals surface area contributed by atoms with Gasteiger partial charge in [-0.15, -0.1) is 0 Å². The molecule has 66 valence electrons. The van der Waals surface area contributed by atoms with E-state index >= 15 is 0 Å². The van der Waals surface area contributed by atoms with Gasteiger partial charge >= 0.3 is 0 Å². The third-order valence-electron chi connectivity index (χ3n) is 2.21. The quantitative estimate of drug-likeness (QED) is 0.675. The average molecular weight is 184 g/mol. The van der Waals surface area contributed by atoms with Crippen LogP contribution in [0.5, 0.6) is 0 Å². The molecule has 4 heteroatoms. The number of ether oxygens (including phenoxy) is 1. The van der Waals surface area contributed by atoms with Crippen molar-refractivity contribution in [3.63, 3.8) is 0 Å². The van der Waals surface area contributed by atoms with E-state index in [1.807, 2.05) is 12.4 Å². The molecular weight excluding hydrogens is 172 g/mol. The predicted molar refractivity (Wildman–Crippen MR) is 48.7 cm³/mol. The summed E-state index contributed by atoms with van der Waals surface area (Å²) in [5.41, 5.74) is 0. The first kappa shape index (κ1) is 8.01. The van der Waals surface area contributed by atoms with E-state index in [1.165, 1.54) is 6.42 Å². The molecule has 1 saturated heterocycles. The molecule has 1 aliphatic rings. The number of aromatic amines is 1. The molecule has 1 N–H and O–H groups in total. The molecule has 0 radical (unpaired) electrons. The molecule has 1 aliphatic heterocycles. The van der Waals surface area contributed by atoms with Crippen LogP contribution in [0.1, 0.15) is 18.9 Å². The second kappa shape index (κ2) is 3.41. The van der Waals surface area contributed by atoms with E-state index in [0.717, 1.165) is 24.4 Å². The lowest BCUT2D eigenvalue weighted by Crippen LogP contribution is -2.20. The maximum absolute atomic E-state index is 5.38. The van der Waals surface area contributed by atoms with Crippen LogP contribution in [0, 0.1) is 4.77 Å². The van der Waals surface area contributed by atoms with Crippen LogP contribution >= 0.6 is 12.2 Å². The first-order valence-electron chi connectivity index (χ1n) is 4.21. The molecule has 1 atom stereocenters. The van der Waals surface area contributed by atoms with Crippen molar-refractivity contribution < 1.29 is 4.74 Å². The minimum absolute atomic E-state index is 0.442. The monoisotopic (exact) mass is 184 g/mol. The van der Waals surface area contributed by atoms with Crippen LogP contribution in [0.25, 0.3) is 0 Å². The van der Waals surface area contributed by atoms with Crippen molar-refractivity contribution in [2.75, 3.05) is 13.2 Å².